The highest BCUT2D eigenvalue weighted by Crippen LogP contribution is 2.42. The van der Waals surface area contributed by atoms with Crippen LogP contribution in [0, 0.1) is 17.8 Å². The number of aromatic hydroxyl groups is 1. The molecule has 0 amide bonds. The first-order valence-corrected chi connectivity index (χ1v) is 17.4. The lowest BCUT2D eigenvalue weighted by Gasteiger charge is -2.40. The molecule has 0 aromatic heterocycles. The minimum atomic E-state index is -1.54. The molecule has 6 N–H and O–H groups in total. The maximum absolute atomic E-state index is 14.0. The predicted molar refractivity (Wildman–Crippen MR) is 187 cm³/mol. The maximum Gasteiger partial charge on any atom is 0.334 e. The van der Waals surface area contributed by atoms with Crippen LogP contribution in [0.25, 0.3) is 0 Å². The molecule has 1 aliphatic carbocycles. The molecule has 1 fully saturated rings. The number of carbonyl (C=O) groups is 3. The van der Waals surface area contributed by atoms with E-state index in [-0.39, 0.29) is 55.6 Å². The molecule has 3 aliphatic rings. The highest BCUT2D eigenvalue weighted by atomic mass is 16.6. The van der Waals surface area contributed by atoms with Crippen LogP contribution in [-0.2, 0) is 25.5 Å². The number of nitrogens with one attached hydrogen (secondary N) is 2. The number of phenols is 1. The van der Waals surface area contributed by atoms with E-state index < -0.39 is 47.7 Å². The Kier molecular flexibility index (Phi) is 11.7. The SMILES string of the molecule is CC=C1CC(c2cc(NCC(C)O)cc(C(O)CNC)c2)C#CC2CC(=O)Oc3cc(O)c(cc32)CC(C(C)(O)C2CCC(=O)CC2)OC1=O. The van der Waals surface area contributed by atoms with E-state index >= 15 is 0 Å². The zero-order chi connectivity index (χ0) is 36.2. The van der Waals surface area contributed by atoms with Crippen LogP contribution in [0.1, 0.15) is 99.5 Å². The topological polar surface area (TPSA) is 175 Å². The van der Waals surface area contributed by atoms with Gasteiger partial charge in [-0.2, -0.15) is 0 Å². The highest BCUT2D eigenvalue weighted by Gasteiger charge is 2.44. The fourth-order valence-electron chi connectivity index (χ4n) is 7.03. The van der Waals surface area contributed by atoms with Gasteiger partial charge in [-0.25, -0.2) is 4.79 Å². The summed E-state index contributed by atoms with van der Waals surface area (Å²) in [5.41, 5.74) is 1.71. The van der Waals surface area contributed by atoms with E-state index in [1.165, 1.54) is 6.07 Å². The molecule has 1 saturated carbocycles. The van der Waals surface area contributed by atoms with Gasteiger partial charge in [-0.1, -0.05) is 24.0 Å². The van der Waals surface area contributed by atoms with Gasteiger partial charge in [0.25, 0.3) is 0 Å². The van der Waals surface area contributed by atoms with Crippen LogP contribution < -0.4 is 15.4 Å². The largest absolute Gasteiger partial charge is 0.508 e. The second kappa shape index (κ2) is 15.8. The lowest BCUT2D eigenvalue weighted by atomic mass is 9.73. The Labute approximate surface area is 293 Å². The third-order valence-electron chi connectivity index (χ3n) is 10.1. The van der Waals surface area contributed by atoms with Crippen molar-refractivity contribution in [1.29, 1.82) is 0 Å². The fourth-order valence-corrected chi connectivity index (χ4v) is 7.03. The number of Topliss-reactive ketones (excluding diaryl/α,β-unsaturated/α-hetero) is 1. The molecular weight excluding hydrogens is 640 g/mol. The molecule has 6 unspecified atom stereocenters. The number of anilines is 1. The molecule has 2 aromatic rings. The average Bonchev–Trinajstić information content (AvgIpc) is 3.08. The Bertz CT molecular complexity index is 1690. The molecule has 0 radical (unpaired) electrons. The van der Waals surface area contributed by atoms with Crippen molar-refractivity contribution in [3.8, 4) is 23.3 Å². The van der Waals surface area contributed by atoms with E-state index in [0.29, 0.717) is 59.2 Å². The van der Waals surface area contributed by atoms with Crippen molar-refractivity contribution in [2.45, 2.75) is 101 Å². The first-order chi connectivity index (χ1) is 23.8. The normalized spacial score (nSPS) is 24.7. The second-order valence-corrected chi connectivity index (χ2v) is 13.9. The molecule has 2 aromatic carbocycles. The van der Waals surface area contributed by atoms with Gasteiger partial charge in [0, 0.05) is 61.2 Å². The summed E-state index contributed by atoms with van der Waals surface area (Å²) in [6, 6.07) is 8.57. The van der Waals surface area contributed by atoms with E-state index in [4.69, 9.17) is 9.47 Å². The number of likely N-dealkylation sites (N-methyl/N-ethyl adjacent to an activating group) is 1. The summed E-state index contributed by atoms with van der Waals surface area (Å²) in [5.74, 6) is 4.09. The molecule has 0 saturated heterocycles. The van der Waals surface area contributed by atoms with Gasteiger partial charge in [0.1, 0.15) is 29.0 Å². The number of esters is 2. The van der Waals surface area contributed by atoms with Crippen LogP contribution >= 0.6 is 0 Å². The summed E-state index contributed by atoms with van der Waals surface area (Å²) in [4.78, 5) is 38.8. The minimum Gasteiger partial charge on any atom is -0.508 e. The molecule has 11 heteroatoms. The molecule has 6 atom stereocenters. The summed E-state index contributed by atoms with van der Waals surface area (Å²) in [5, 5.41) is 50.2. The summed E-state index contributed by atoms with van der Waals surface area (Å²) in [7, 11) is 1.74. The first-order valence-electron chi connectivity index (χ1n) is 17.4. The molecular formula is C39H48N2O9. The quantitative estimate of drug-likeness (QED) is 0.0975. The molecule has 2 aliphatic heterocycles. The number of cyclic esters (lactones) is 1. The summed E-state index contributed by atoms with van der Waals surface area (Å²) < 4.78 is 11.7. The Morgan fingerprint density at radius 1 is 1.00 bits per heavy atom. The van der Waals surface area contributed by atoms with Crippen molar-refractivity contribution < 1.29 is 44.3 Å². The molecule has 5 rings (SSSR count). The van der Waals surface area contributed by atoms with Crippen molar-refractivity contribution in [2.24, 2.45) is 5.92 Å². The van der Waals surface area contributed by atoms with Gasteiger partial charge in [-0.3, -0.25) is 9.59 Å². The second-order valence-electron chi connectivity index (χ2n) is 13.9. The summed E-state index contributed by atoms with van der Waals surface area (Å²) >= 11 is 0. The molecule has 11 nitrogen and oxygen atoms in total. The molecule has 50 heavy (non-hydrogen) atoms. The van der Waals surface area contributed by atoms with Crippen LogP contribution in [0.3, 0.4) is 0 Å². The van der Waals surface area contributed by atoms with Gasteiger partial charge in [-0.05, 0) is 87.9 Å². The van der Waals surface area contributed by atoms with Gasteiger partial charge in [-0.15, -0.1) is 0 Å². The number of allylic oxidation sites excluding steroid dienone is 1. The van der Waals surface area contributed by atoms with Crippen molar-refractivity contribution >= 4 is 23.4 Å². The number of phenolic OH excluding ortho intramolecular Hbond substituents is 1. The van der Waals surface area contributed by atoms with Gasteiger partial charge >= 0.3 is 11.9 Å². The van der Waals surface area contributed by atoms with Crippen molar-refractivity contribution in [3.05, 3.63) is 64.2 Å². The van der Waals surface area contributed by atoms with Crippen molar-refractivity contribution in [3.63, 3.8) is 0 Å². The van der Waals surface area contributed by atoms with Crippen LogP contribution in [0.5, 0.6) is 11.5 Å². The van der Waals surface area contributed by atoms with Crippen molar-refractivity contribution in [2.75, 3.05) is 25.5 Å². The molecule has 2 bridgehead atoms. The van der Waals surface area contributed by atoms with Gasteiger partial charge < -0.3 is 40.5 Å². The number of hydrogen-bond donors (Lipinski definition) is 6. The zero-order valence-electron chi connectivity index (χ0n) is 29.1. The molecule has 268 valence electrons. The van der Waals surface area contributed by atoms with Crippen LogP contribution in [0.2, 0.25) is 0 Å². The summed E-state index contributed by atoms with van der Waals surface area (Å²) in [6.07, 6.45) is 0.686. The van der Waals surface area contributed by atoms with E-state index in [9.17, 15) is 34.8 Å². The number of carbonyl (C=O) groups excluding carboxylic acids is 3. The number of fused-ring (bicyclic) bond motifs is 1. The number of hydrogen-bond acceptors (Lipinski definition) is 11. The van der Waals surface area contributed by atoms with E-state index in [1.54, 1.807) is 46.0 Å². The average molecular weight is 689 g/mol. The number of aliphatic hydroxyl groups is 3. The van der Waals surface area contributed by atoms with Crippen LogP contribution in [0.15, 0.2) is 42.0 Å². The molecule has 0 spiro atoms. The standard InChI is InChI=1S/C39H48N2O9/c1-5-23-12-24(26-13-27(34(45)21-40-4)15-30(14-26)41-20-22(2)42)6-7-25-18-37(46)49-35-19-33(44)28(16-32(25)35)17-36(50-38(23)47)39(3,48)29-8-10-31(43)11-9-29/h5,13-16,19,22,24-25,29,34,36,40-42,44-45,48H,8-12,17-18,20-21H2,1-4H3. The van der Waals surface area contributed by atoms with Gasteiger partial charge in [0.2, 0.25) is 0 Å². The Morgan fingerprint density at radius 3 is 2.40 bits per heavy atom. The number of ketones is 1. The fraction of sp³-hybridized carbons (Fsp3) is 0.513. The van der Waals surface area contributed by atoms with E-state index in [2.05, 4.69) is 22.5 Å². The predicted octanol–water partition coefficient (Wildman–Crippen LogP) is 3.93. The van der Waals surface area contributed by atoms with Gasteiger partial charge in [0.15, 0.2) is 0 Å². The highest BCUT2D eigenvalue weighted by molar-refractivity contribution is 5.89. The zero-order valence-corrected chi connectivity index (χ0v) is 29.1. The smallest absolute Gasteiger partial charge is 0.334 e. The van der Waals surface area contributed by atoms with Gasteiger partial charge in [0.05, 0.1) is 24.5 Å². The maximum atomic E-state index is 14.0. The summed E-state index contributed by atoms with van der Waals surface area (Å²) in [6.45, 7) is 5.55. The van der Waals surface area contributed by atoms with Crippen LogP contribution in [-0.4, -0.2) is 76.1 Å². The number of rotatable bonds is 9. The van der Waals surface area contributed by atoms with E-state index in [1.807, 2.05) is 12.1 Å². The minimum absolute atomic E-state index is 0.0256. The number of aliphatic hydroxyl groups excluding tert-OH is 2. The Hall–Kier alpha value is -4.21. The lowest BCUT2D eigenvalue weighted by molar-refractivity contribution is -0.169. The van der Waals surface area contributed by atoms with Crippen molar-refractivity contribution in [1.82, 2.24) is 5.32 Å². The third-order valence-corrected chi connectivity index (χ3v) is 10.1. The number of ether oxygens (including phenoxy) is 2. The Balaban J connectivity index is 1.64. The third kappa shape index (κ3) is 8.56. The van der Waals surface area contributed by atoms with Crippen LogP contribution in [0.4, 0.5) is 5.69 Å². The van der Waals surface area contributed by atoms with E-state index in [0.717, 1.165) is 0 Å². The lowest BCUT2D eigenvalue weighted by Crippen LogP contribution is -2.50. The first kappa shape index (κ1) is 37.1. The monoisotopic (exact) mass is 688 g/mol. The Morgan fingerprint density at radius 2 is 1.72 bits per heavy atom. The number of benzene rings is 2. The molecule has 2 heterocycles.